The molecular formula is C18H25NO. The highest BCUT2D eigenvalue weighted by Gasteiger charge is 2.34. The second kappa shape index (κ2) is 5.99. The van der Waals surface area contributed by atoms with Crippen molar-refractivity contribution in [1.29, 1.82) is 0 Å². The number of hydrogen-bond acceptors (Lipinski definition) is 1. The number of carbonyl (C=O) groups excluding carboxylic acids is 1. The zero-order valence-electron chi connectivity index (χ0n) is 12.5. The van der Waals surface area contributed by atoms with Crippen molar-refractivity contribution in [3.8, 4) is 0 Å². The van der Waals surface area contributed by atoms with Gasteiger partial charge in [-0.1, -0.05) is 49.1 Å². The minimum absolute atomic E-state index is 0.301. The number of amides is 1. The summed E-state index contributed by atoms with van der Waals surface area (Å²) >= 11 is 0. The van der Waals surface area contributed by atoms with Crippen molar-refractivity contribution in [2.45, 2.75) is 57.9 Å². The van der Waals surface area contributed by atoms with Gasteiger partial charge in [-0.2, -0.15) is 0 Å². The molecule has 2 fully saturated rings. The smallest absolute Gasteiger partial charge is 0.226 e. The largest absolute Gasteiger partial charge is 0.335 e. The van der Waals surface area contributed by atoms with E-state index in [-0.39, 0.29) is 0 Å². The predicted octanol–water partition coefficient (Wildman–Crippen LogP) is 4.24. The highest BCUT2D eigenvalue weighted by molar-refractivity contribution is 5.79. The minimum Gasteiger partial charge on any atom is -0.335 e. The zero-order chi connectivity index (χ0) is 13.9. The monoisotopic (exact) mass is 271 g/mol. The molecule has 0 spiro atoms. The molecule has 1 aromatic rings. The third-order valence-electron chi connectivity index (χ3n) is 4.95. The van der Waals surface area contributed by atoms with Crippen LogP contribution in [0.1, 0.15) is 62.1 Å². The van der Waals surface area contributed by atoms with Crippen LogP contribution in [0.4, 0.5) is 0 Å². The van der Waals surface area contributed by atoms with E-state index >= 15 is 0 Å². The first kappa shape index (κ1) is 13.7. The molecule has 1 aromatic carbocycles. The summed E-state index contributed by atoms with van der Waals surface area (Å²) < 4.78 is 0. The molecule has 1 amide bonds. The van der Waals surface area contributed by atoms with E-state index in [1.807, 2.05) is 0 Å². The Labute approximate surface area is 122 Å². The lowest BCUT2D eigenvalue weighted by atomic mass is 9.88. The number of carbonyl (C=O) groups is 1. The molecule has 3 rings (SSSR count). The van der Waals surface area contributed by atoms with E-state index < -0.39 is 0 Å². The Morgan fingerprint density at radius 1 is 1.00 bits per heavy atom. The van der Waals surface area contributed by atoms with Gasteiger partial charge < -0.3 is 4.90 Å². The van der Waals surface area contributed by atoms with E-state index in [0.29, 0.717) is 17.9 Å². The van der Waals surface area contributed by atoms with Gasteiger partial charge >= 0.3 is 0 Å². The molecule has 0 radical (unpaired) electrons. The summed E-state index contributed by atoms with van der Waals surface area (Å²) in [6.07, 6.45) is 8.27. The van der Waals surface area contributed by atoms with Crippen LogP contribution in [0, 0.1) is 12.8 Å². The van der Waals surface area contributed by atoms with Crippen LogP contribution >= 0.6 is 0 Å². The third kappa shape index (κ3) is 2.74. The van der Waals surface area contributed by atoms with Gasteiger partial charge in [-0.15, -0.1) is 0 Å². The van der Waals surface area contributed by atoms with E-state index in [9.17, 15) is 4.79 Å². The molecule has 1 saturated heterocycles. The Bertz CT molecular complexity index is 459. The number of hydrogen-bond donors (Lipinski definition) is 0. The van der Waals surface area contributed by atoms with E-state index in [1.54, 1.807) is 0 Å². The Hall–Kier alpha value is -1.31. The lowest BCUT2D eigenvalue weighted by Gasteiger charge is -2.31. The number of benzene rings is 1. The molecule has 2 nitrogen and oxygen atoms in total. The fourth-order valence-corrected chi connectivity index (χ4v) is 3.75. The van der Waals surface area contributed by atoms with Gasteiger partial charge in [0.1, 0.15) is 0 Å². The topological polar surface area (TPSA) is 20.3 Å². The van der Waals surface area contributed by atoms with Gasteiger partial charge in [0.05, 0.1) is 6.04 Å². The highest BCUT2D eigenvalue weighted by Crippen LogP contribution is 2.35. The van der Waals surface area contributed by atoms with Crippen LogP contribution in [0.3, 0.4) is 0 Å². The van der Waals surface area contributed by atoms with Crippen LogP contribution in [0.5, 0.6) is 0 Å². The van der Waals surface area contributed by atoms with Crippen LogP contribution in [0.25, 0.3) is 0 Å². The number of aryl methyl sites for hydroxylation is 1. The van der Waals surface area contributed by atoms with Gasteiger partial charge in [-0.05, 0) is 38.2 Å². The zero-order valence-corrected chi connectivity index (χ0v) is 12.5. The maximum atomic E-state index is 12.8. The van der Waals surface area contributed by atoms with Crippen molar-refractivity contribution in [2.75, 3.05) is 6.54 Å². The van der Waals surface area contributed by atoms with Crippen LogP contribution in [-0.2, 0) is 4.79 Å². The second-order valence-corrected chi connectivity index (χ2v) is 6.44. The summed E-state index contributed by atoms with van der Waals surface area (Å²) in [5.41, 5.74) is 2.61. The lowest BCUT2D eigenvalue weighted by Crippen LogP contribution is -2.36. The van der Waals surface area contributed by atoms with E-state index in [2.05, 4.69) is 36.1 Å². The maximum absolute atomic E-state index is 12.8. The van der Waals surface area contributed by atoms with Gasteiger partial charge in [-0.3, -0.25) is 4.79 Å². The number of likely N-dealkylation sites (tertiary alicyclic amines) is 1. The van der Waals surface area contributed by atoms with E-state index in [0.717, 1.165) is 32.2 Å². The fraction of sp³-hybridized carbons (Fsp3) is 0.611. The molecular weight excluding hydrogens is 246 g/mol. The van der Waals surface area contributed by atoms with Gasteiger partial charge in [0, 0.05) is 12.5 Å². The molecule has 1 aliphatic heterocycles. The van der Waals surface area contributed by atoms with Crippen LogP contribution < -0.4 is 0 Å². The number of rotatable bonds is 2. The molecule has 2 heteroatoms. The summed E-state index contributed by atoms with van der Waals surface area (Å²) in [7, 11) is 0. The van der Waals surface area contributed by atoms with Gasteiger partial charge in [0.15, 0.2) is 0 Å². The molecule has 1 aliphatic carbocycles. The van der Waals surface area contributed by atoms with Crippen LogP contribution in [0.15, 0.2) is 24.3 Å². The van der Waals surface area contributed by atoms with Crippen molar-refractivity contribution in [2.24, 2.45) is 5.92 Å². The Kier molecular flexibility index (Phi) is 4.09. The average molecular weight is 271 g/mol. The molecule has 20 heavy (non-hydrogen) atoms. The Balaban J connectivity index is 1.74. The molecule has 0 bridgehead atoms. The lowest BCUT2D eigenvalue weighted by molar-refractivity contribution is -0.137. The summed E-state index contributed by atoms with van der Waals surface area (Å²) in [6.45, 7) is 3.07. The maximum Gasteiger partial charge on any atom is 0.226 e. The SMILES string of the molecule is Cc1ccc(C2CCCN2C(=O)C2CCCCC2)cc1. The van der Waals surface area contributed by atoms with Crippen molar-refractivity contribution in [1.82, 2.24) is 4.90 Å². The van der Waals surface area contributed by atoms with Crippen molar-refractivity contribution < 1.29 is 4.79 Å². The van der Waals surface area contributed by atoms with Crippen molar-refractivity contribution in [3.05, 3.63) is 35.4 Å². The van der Waals surface area contributed by atoms with Gasteiger partial charge in [0.2, 0.25) is 5.91 Å². The highest BCUT2D eigenvalue weighted by atomic mass is 16.2. The van der Waals surface area contributed by atoms with Crippen molar-refractivity contribution in [3.63, 3.8) is 0 Å². The second-order valence-electron chi connectivity index (χ2n) is 6.44. The average Bonchev–Trinajstić information content (AvgIpc) is 2.97. The first-order valence-corrected chi connectivity index (χ1v) is 8.13. The van der Waals surface area contributed by atoms with E-state index in [4.69, 9.17) is 0 Å². The standard InChI is InChI=1S/C18H25NO/c1-14-9-11-15(12-10-14)17-8-5-13-19(17)18(20)16-6-3-2-4-7-16/h9-12,16-17H,2-8,13H2,1H3. The quantitative estimate of drug-likeness (QED) is 0.788. The molecule has 2 aliphatic rings. The molecule has 1 atom stereocenters. The van der Waals surface area contributed by atoms with Gasteiger partial charge in [-0.25, -0.2) is 0 Å². The first-order valence-electron chi connectivity index (χ1n) is 8.13. The van der Waals surface area contributed by atoms with Crippen molar-refractivity contribution >= 4 is 5.91 Å². The molecule has 1 saturated carbocycles. The third-order valence-corrected chi connectivity index (χ3v) is 4.95. The fourth-order valence-electron chi connectivity index (χ4n) is 3.75. The Morgan fingerprint density at radius 3 is 2.40 bits per heavy atom. The molecule has 108 valence electrons. The predicted molar refractivity (Wildman–Crippen MR) is 81.4 cm³/mol. The number of nitrogens with zero attached hydrogens (tertiary/aromatic N) is 1. The summed E-state index contributed by atoms with van der Waals surface area (Å²) in [4.78, 5) is 14.9. The van der Waals surface area contributed by atoms with Gasteiger partial charge in [0.25, 0.3) is 0 Å². The molecule has 1 unspecified atom stereocenters. The summed E-state index contributed by atoms with van der Waals surface area (Å²) in [6, 6.07) is 9.05. The normalized spacial score (nSPS) is 24.1. The molecule has 0 aromatic heterocycles. The first-order chi connectivity index (χ1) is 9.75. The summed E-state index contributed by atoms with van der Waals surface area (Å²) in [5.74, 6) is 0.725. The van der Waals surface area contributed by atoms with Crippen LogP contribution in [0.2, 0.25) is 0 Å². The van der Waals surface area contributed by atoms with E-state index in [1.165, 1.54) is 30.4 Å². The van der Waals surface area contributed by atoms with Crippen LogP contribution in [-0.4, -0.2) is 17.4 Å². The Morgan fingerprint density at radius 2 is 1.70 bits per heavy atom. The molecule has 0 N–H and O–H groups in total. The molecule has 1 heterocycles. The minimum atomic E-state index is 0.301. The summed E-state index contributed by atoms with van der Waals surface area (Å²) in [5, 5.41) is 0.